The van der Waals surface area contributed by atoms with E-state index in [2.05, 4.69) is 5.32 Å². The summed E-state index contributed by atoms with van der Waals surface area (Å²) >= 11 is 0. The van der Waals surface area contributed by atoms with E-state index in [9.17, 15) is 32.9 Å². The minimum absolute atomic E-state index is 0.114. The van der Waals surface area contributed by atoms with E-state index in [0.29, 0.717) is 5.56 Å². The number of hydrogen-bond donors (Lipinski definition) is 2. The van der Waals surface area contributed by atoms with E-state index in [1.54, 1.807) is 23.5 Å². The van der Waals surface area contributed by atoms with Gasteiger partial charge >= 0.3 is 12.1 Å². The molecule has 0 unspecified atom stereocenters. The van der Waals surface area contributed by atoms with Gasteiger partial charge in [-0.2, -0.15) is 13.2 Å². The highest BCUT2D eigenvalue weighted by molar-refractivity contribution is 5.92. The van der Waals surface area contributed by atoms with E-state index in [4.69, 9.17) is 0 Å². The molecule has 0 fully saturated rings. The molecule has 0 bridgehead atoms. The average Bonchev–Trinajstić information content (AvgIpc) is 2.61. The number of nitro groups is 1. The van der Waals surface area contributed by atoms with E-state index in [1.807, 2.05) is 0 Å². The van der Waals surface area contributed by atoms with Crippen molar-refractivity contribution in [3.63, 3.8) is 0 Å². The van der Waals surface area contributed by atoms with E-state index >= 15 is 0 Å². The normalized spacial score (nSPS) is 12.1. The van der Waals surface area contributed by atoms with Crippen molar-refractivity contribution >= 4 is 23.2 Å². The number of non-ortho nitro benzene ring substituents is 1. The van der Waals surface area contributed by atoms with Crippen LogP contribution in [0.2, 0.25) is 0 Å². The highest BCUT2D eigenvalue weighted by Gasteiger charge is 2.40. The summed E-state index contributed by atoms with van der Waals surface area (Å²) in [4.78, 5) is 33.6. The summed E-state index contributed by atoms with van der Waals surface area (Å²) in [5.74, 6) is -2.88. The Morgan fingerprint density at radius 2 is 1.74 bits per heavy atom. The largest absolute Gasteiger partial charge is 0.471 e. The van der Waals surface area contributed by atoms with Crippen molar-refractivity contribution in [2.24, 2.45) is 0 Å². The zero-order chi connectivity index (χ0) is 20.0. The molecule has 0 aromatic heterocycles. The molecule has 7 nitrogen and oxygen atoms in total. The lowest BCUT2D eigenvalue weighted by atomic mass is 10.0. The summed E-state index contributed by atoms with van der Waals surface area (Å²) < 4.78 is 37.7. The van der Waals surface area contributed by atoms with Crippen LogP contribution in [0.15, 0.2) is 54.6 Å². The Hall–Kier alpha value is -3.43. The van der Waals surface area contributed by atoms with Crippen LogP contribution in [0.5, 0.6) is 0 Å². The second kappa shape index (κ2) is 8.30. The number of nitrogens with zero attached hydrogens (tertiary/aromatic N) is 1. The van der Waals surface area contributed by atoms with E-state index in [-0.39, 0.29) is 11.4 Å². The van der Waals surface area contributed by atoms with Gasteiger partial charge in [-0.25, -0.2) is 0 Å². The number of hydrogen-bond acceptors (Lipinski definition) is 4. The van der Waals surface area contributed by atoms with Crippen molar-refractivity contribution in [1.29, 1.82) is 0 Å². The summed E-state index contributed by atoms with van der Waals surface area (Å²) in [5.41, 5.74) is 0.172. The number of carbonyl (C=O) groups is 2. The second-order valence-corrected chi connectivity index (χ2v) is 5.49. The number of benzene rings is 2. The van der Waals surface area contributed by atoms with Crippen LogP contribution in [0, 0.1) is 10.1 Å². The van der Waals surface area contributed by atoms with Crippen LogP contribution < -0.4 is 10.6 Å². The molecule has 0 aliphatic carbocycles. The molecular formula is C17H14F3N3O4. The Balaban J connectivity index is 2.14. The lowest BCUT2D eigenvalue weighted by Crippen LogP contribution is -2.40. The first kappa shape index (κ1) is 19.9. The fourth-order valence-corrected chi connectivity index (χ4v) is 2.27. The number of halogens is 3. The van der Waals surface area contributed by atoms with Gasteiger partial charge in [0.05, 0.1) is 17.4 Å². The number of nitrogens with one attached hydrogen (secondary N) is 2. The molecular weight excluding hydrogens is 367 g/mol. The maximum absolute atomic E-state index is 12.6. The summed E-state index contributed by atoms with van der Waals surface area (Å²) in [6.45, 7) is 0. The molecule has 142 valence electrons. The van der Waals surface area contributed by atoms with Crippen LogP contribution in [0.4, 0.5) is 24.5 Å². The second-order valence-electron chi connectivity index (χ2n) is 5.49. The monoisotopic (exact) mass is 381 g/mol. The molecule has 2 aromatic carbocycles. The Bertz CT molecular complexity index is 841. The van der Waals surface area contributed by atoms with E-state index < -0.39 is 35.4 Å². The van der Waals surface area contributed by atoms with Crippen molar-refractivity contribution in [2.45, 2.75) is 18.6 Å². The number of alkyl halides is 3. The maximum atomic E-state index is 12.6. The third-order valence-corrected chi connectivity index (χ3v) is 3.49. The minimum Gasteiger partial charge on any atom is -0.341 e. The van der Waals surface area contributed by atoms with Crippen LogP contribution in [-0.2, 0) is 9.59 Å². The van der Waals surface area contributed by atoms with Gasteiger partial charge in [0, 0.05) is 17.8 Å². The van der Waals surface area contributed by atoms with Crippen LogP contribution in [0.25, 0.3) is 0 Å². The fourth-order valence-electron chi connectivity index (χ4n) is 2.27. The molecule has 2 rings (SSSR count). The zero-order valence-electron chi connectivity index (χ0n) is 13.7. The molecule has 0 saturated heterocycles. The first-order chi connectivity index (χ1) is 12.7. The van der Waals surface area contributed by atoms with Crippen molar-refractivity contribution in [3.8, 4) is 0 Å². The molecule has 2 amide bonds. The number of amides is 2. The van der Waals surface area contributed by atoms with E-state index in [1.165, 1.54) is 30.3 Å². The first-order valence-corrected chi connectivity index (χ1v) is 7.64. The molecule has 0 aliphatic heterocycles. The van der Waals surface area contributed by atoms with Gasteiger partial charge < -0.3 is 10.6 Å². The first-order valence-electron chi connectivity index (χ1n) is 7.64. The number of carbonyl (C=O) groups excluding carboxylic acids is 2. The van der Waals surface area contributed by atoms with Gasteiger partial charge in [-0.1, -0.05) is 36.4 Å². The third-order valence-electron chi connectivity index (χ3n) is 3.49. The Labute approximate surface area is 151 Å². The SMILES string of the molecule is O=C(C[C@@H](NC(=O)C(F)(F)F)c1ccccc1)Nc1cccc([N+](=O)[O-])c1. The van der Waals surface area contributed by atoms with Gasteiger partial charge in [0.1, 0.15) is 0 Å². The molecule has 0 radical (unpaired) electrons. The van der Waals surface area contributed by atoms with Crippen molar-refractivity contribution < 1.29 is 27.7 Å². The summed E-state index contributed by atoms with van der Waals surface area (Å²) in [6, 6.07) is 11.6. The highest BCUT2D eigenvalue weighted by Crippen LogP contribution is 2.23. The molecule has 10 heteroatoms. The van der Waals surface area contributed by atoms with E-state index in [0.717, 1.165) is 6.07 Å². The quantitative estimate of drug-likeness (QED) is 0.592. The molecule has 0 aliphatic rings. The Kier molecular flexibility index (Phi) is 6.11. The minimum atomic E-state index is -5.09. The zero-order valence-corrected chi connectivity index (χ0v) is 13.7. The number of anilines is 1. The van der Waals surface area contributed by atoms with Gasteiger partial charge in [0.25, 0.3) is 5.69 Å². The molecule has 0 spiro atoms. The molecule has 0 heterocycles. The average molecular weight is 381 g/mol. The lowest BCUT2D eigenvalue weighted by Gasteiger charge is -2.20. The predicted octanol–water partition coefficient (Wildman–Crippen LogP) is 3.34. The van der Waals surface area contributed by atoms with Gasteiger partial charge in [0.2, 0.25) is 5.91 Å². The van der Waals surface area contributed by atoms with Crippen molar-refractivity contribution in [3.05, 3.63) is 70.3 Å². The van der Waals surface area contributed by atoms with Crippen LogP contribution >= 0.6 is 0 Å². The third kappa shape index (κ3) is 5.80. The Morgan fingerprint density at radius 1 is 1.07 bits per heavy atom. The lowest BCUT2D eigenvalue weighted by molar-refractivity contribution is -0.384. The molecule has 27 heavy (non-hydrogen) atoms. The fraction of sp³-hybridized carbons (Fsp3) is 0.176. The summed E-state index contributed by atoms with van der Waals surface area (Å²) in [5, 5.41) is 14.9. The van der Waals surface area contributed by atoms with Gasteiger partial charge in [-0.3, -0.25) is 19.7 Å². The highest BCUT2D eigenvalue weighted by atomic mass is 19.4. The summed E-state index contributed by atoms with van der Waals surface area (Å²) in [6.07, 6.45) is -5.59. The molecule has 0 saturated carbocycles. The maximum Gasteiger partial charge on any atom is 0.471 e. The molecule has 2 N–H and O–H groups in total. The van der Waals surface area contributed by atoms with Crippen molar-refractivity contribution in [2.75, 3.05) is 5.32 Å². The van der Waals surface area contributed by atoms with Crippen LogP contribution in [0.3, 0.4) is 0 Å². The van der Waals surface area contributed by atoms with Crippen molar-refractivity contribution in [1.82, 2.24) is 5.32 Å². The topological polar surface area (TPSA) is 101 Å². The van der Waals surface area contributed by atoms with Crippen LogP contribution in [0.1, 0.15) is 18.0 Å². The predicted molar refractivity (Wildman–Crippen MR) is 89.7 cm³/mol. The number of rotatable bonds is 6. The molecule has 1 atom stereocenters. The Morgan fingerprint density at radius 3 is 2.33 bits per heavy atom. The summed E-state index contributed by atoms with van der Waals surface area (Å²) in [7, 11) is 0. The van der Waals surface area contributed by atoms with Gasteiger partial charge in [-0.15, -0.1) is 0 Å². The molecule has 2 aromatic rings. The van der Waals surface area contributed by atoms with Gasteiger partial charge in [0.15, 0.2) is 0 Å². The smallest absolute Gasteiger partial charge is 0.341 e. The number of nitro benzene ring substituents is 1. The van der Waals surface area contributed by atoms with Crippen LogP contribution in [-0.4, -0.2) is 22.9 Å². The van der Waals surface area contributed by atoms with Gasteiger partial charge in [-0.05, 0) is 11.6 Å². The standard InChI is InChI=1S/C17H14F3N3O4/c18-17(19,20)16(25)22-14(11-5-2-1-3-6-11)10-15(24)21-12-7-4-8-13(9-12)23(26)27/h1-9,14H,10H2,(H,21,24)(H,22,25)/t14-/m1/s1.